The Hall–Kier alpha value is -0.610. The minimum absolute atomic E-state index is 0.234. The topological polar surface area (TPSA) is 21.7 Å². The Kier molecular flexibility index (Phi) is 4.08. The normalized spacial score (nSPS) is 31.4. The van der Waals surface area contributed by atoms with Crippen LogP contribution in [0.1, 0.15) is 18.4 Å². The Labute approximate surface area is 119 Å². The molecule has 1 aromatic carbocycles. The second-order valence-electron chi connectivity index (χ2n) is 5.35. The molecule has 0 amide bonds. The first-order chi connectivity index (χ1) is 9.28. The average Bonchev–Trinajstić information content (AvgIpc) is 2.89. The first-order valence-corrected chi connectivity index (χ1v) is 7.28. The molecule has 0 bridgehead atoms. The molecule has 0 radical (unpaired) electrons. The predicted molar refractivity (Wildman–Crippen MR) is 75.4 cm³/mol. The number of benzene rings is 1. The molecule has 3 nitrogen and oxygen atoms in total. The zero-order valence-corrected chi connectivity index (χ0v) is 12.0. The van der Waals surface area contributed by atoms with E-state index in [4.69, 9.17) is 21.1 Å². The van der Waals surface area contributed by atoms with E-state index in [1.54, 1.807) is 7.11 Å². The van der Waals surface area contributed by atoms with E-state index < -0.39 is 0 Å². The van der Waals surface area contributed by atoms with Crippen molar-refractivity contribution in [2.45, 2.75) is 37.6 Å². The van der Waals surface area contributed by atoms with Gasteiger partial charge in [-0.05, 0) is 30.5 Å². The molecular weight excluding hydrogens is 262 g/mol. The van der Waals surface area contributed by atoms with Gasteiger partial charge in [0.25, 0.3) is 0 Å². The van der Waals surface area contributed by atoms with Crippen molar-refractivity contribution in [1.29, 1.82) is 0 Å². The molecular formula is C15H20ClNO2. The van der Waals surface area contributed by atoms with Crippen LogP contribution in [0.2, 0.25) is 5.02 Å². The van der Waals surface area contributed by atoms with E-state index in [1.165, 1.54) is 5.56 Å². The maximum absolute atomic E-state index is 6.06. The fraction of sp³-hybridized carbons (Fsp3) is 0.600. The van der Waals surface area contributed by atoms with Gasteiger partial charge in [0.1, 0.15) is 0 Å². The molecule has 1 aromatic rings. The van der Waals surface area contributed by atoms with E-state index in [2.05, 4.69) is 17.0 Å². The lowest BCUT2D eigenvalue weighted by Crippen LogP contribution is -2.52. The summed E-state index contributed by atoms with van der Waals surface area (Å²) >= 11 is 6.06. The summed E-state index contributed by atoms with van der Waals surface area (Å²) in [6.45, 7) is 2.86. The highest BCUT2D eigenvalue weighted by Crippen LogP contribution is 2.31. The highest BCUT2D eigenvalue weighted by Gasteiger charge is 2.42. The van der Waals surface area contributed by atoms with Crippen LogP contribution in [0, 0.1) is 0 Å². The number of hydrogen-bond acceptors (Lipinski definition) is 3. The number of hydrogen-bond donors (Lipinski definition) is 0. The van der Waals surface area contributed by atoms with Gasteiger partial charge in [0.2, 0.25) is 0 Å². The molecule has 3 atom stereocenters. The van der Waals surface area contributed by atoms with Gasteiger partial charge in [-0.15, -0.1) is 0 Å². The molecule has 0 aromatic heterocycles. The van der Waals surface area contributed by atoms with Gasteiger partial charge in [-0.3, -0.25) is 4.90 Å². The van der Waals surface area contributed by atoms with Crippen molar-refractivity contribution < 1.29 is 9.47 Å². The second-order valence-corrected chi connectivity index (χ2v) is 5.79. The van der Waals surface area contributed by atoms with Crippen LogP contribution in [0.4, 0.5) is 0 Å². The molecule has 19 heavy (non-hydrogen) atoms. The number of rotatable bonds is 3. The molecule has 2 heterocycles. The highest BCUT2D eigenvalue weighted by molar-refractivity contribution is 6.30. The molecule has 2 fully saturated rings. The van der Waals surface area contributed by atoms with Gasteiger partial charge in [0, 0.05) is 37.9 Å². The van der Waals surface area contributed by atoms with Gasteiger partial charge in [0.05, 0.1) is 12.2 Å². The molecule has 4 heteroatoms. The third-order valence-electron chi connectivity index (χ3n) is 4.22. The molecule has 2 aliphatic heterocycles. The molecule has 3 rings (SSSR count). The summed E-state index contributed by atoms with van der Waals surface area (Å²) < 4.78 is 11.4. The third kappa shape index (κ3) is 2.79. The SMILES string of the molecule is CO[C@@H]1CCN(Cc2cccc(Cl)c2)[C@@H]2CCO[C@H]21. The summed E-state index contributed by atoms with van der Waals surface area (Å²) in [5.74, 6) is 0. The van der Waals surface area contributed by atoms with Crippen molar-refractivity contribution in [3.63, 3.8) is 0 Å². The minimum Gasteiger partial charge on any atom is -0.379 e. The van der Waals surface area contributed by atoms with E-state index >= 15 is 0 Å². The van der Waals surface area contributed by atoms with Crippen LogP contribution < -0.4 is 0 Å². The zero-order valence-electron chi connectivity index (χ0n) is 11.2. The lowest BCUT2D eigenvalue weighted by Gasteiger charge is -2.40. The van der Waals surface area contributed by atoms with Crippen molar-refractivity contribution in [2.24, 2.45) is 0 Å². The van der Waals surface area contributed by atoms with E-state index in [0.29, 0.717) is 6.04 Å². The summed E-state index contributed by atoms with van der Waals surface area (Å²) in [5.41, 5.74) is 1.27. The molecule has 2 saturated heterocycles. The molecule has 0 saturated carbocycles. The number of halogens is 1. The fourth-order valence-electron chi connectivity index (χ4n) is 3.29. The Morgan fingerprint density at radius 2 is 2.32 bits per heavy atom. The quantitative estimate of drug-likeness (QED) is 0.850. The number of likely N-dealkylation sites (tertiary alicyclic amines) is 1. The van der Waals surface area contributed by atoms with Gasteiger partial charge in [0.15, 0.2) is 0 Å². The highest BCUT2D eigenvalue weighted by atomic mass is 35.5. The van der Waals surface area contributed by atoms with Gasteiger partial charge in [-0.2, -0.15) is 0 Å². The van der Waals surface area contributed by atoms with E-state index in [0.717, 1.165) is 37.6 Å². The Morgan fingerprint density at radius 3 is 3.11 bits per heavy atom. The van der Waals surface area contributed by atoms with Crippen LogP contribution in [-0.2, 0) is 16.0 Å². The minimum atomic E-state index is 0.234. The van der Waals surface area contributed by atoms with Crippen LogP contribution in [0.15, 0.2) is 24.3 Å². The second kappa shape index (κ2) is 5.80. The summed E-state index contributed by atoms with van der Waals surface area (Å²) in [6, 6.07) is 8.61. The molecule has 0 spiro atoms. The van der Waals surface area contributed by atoms with Gasteiger partial charge in [-0.25, -0.2) is 0 Å². The lowest BCUT2D eigenvalue weighted by molar-refractivity contribution is -0.0845. The molecule has 0 N–H and O–H groups in total. The van der Waals surface area contributed by atoms with Crippen LogP contribution in [0.5, 0.6) is 0 Å². The third-order valence-corrected chi connectivity index (χ3v) is 4.45. The Morgan fingerprint density at radius 1 is 1.42 bits per heavy atom. The Bertz CT molecular complexity index is 440. The van der Waals surface area contributed by atoms with Crippen LogP contribution in [0.25, 0.3) is 0 Å². The van der Waals surface area contributed by atoms with Gasteiger partial charge >= 0.3 is 0 Å². The van der Waals surface area contributed by atoms with Crippen LogP contribution >= 0.6 is 11.6 Å². The summed E-state index contributed by atoms with van der Waals surface area (Å²) in [7, 11) is 1.79. The van der Waals surface area contributed by atoms with Gasteiger partial charge < -0.3 is 9.47 Å². The van der Waals surface area contributed by atoms with Crippen molar-refractivity contribution in [3.8, 4) is 0 Å². The van der Waals surface area contributed by atoms with Crippen LogP contribution in [-0.4, -0.2) is 43.4 Å². The maximum atomic E-state index is 6.06. The summed E-state index contributed by atoms with van der Waals surface area (Å²) in [5, 5.41) is 0.809. The largest absolute Gasteiger partial charge is 0.379 e. The standard InChI is InChI=1S/C15H20ClNO2/c1-18-14-5-7-17(13-6-8-19-15(13)14)10-11-3-2-4-12(16)9-11/h2-4,9,13-15H,5-8,10H2,1H3/t13-,14-,15-/m1/s1. The molecule has 0 unspecified atom stereocenters. The summed E-state index contributed by atoms with van der Waals surface area (Å²) in [6.07, 6.45) is 2.63. The van der Waals surface area contributed by atoms with E-state index in [-0.39, 0.29) is 12.2 Å². The number of fused-ring (bicyclic) bond motifs is 1. The van der Waals surface area contributed by atoms with E-state index in [1.807, 2.05) is 12.1 Å². The maximum Gasteiger partial charge on any atom is 0.0992 e. The fourth-order valence-corrected chi connectivity index (χ4v) is 3.50. The number of piperidine rings is 1. The first-order valence-electron chi connectivity index (χ1n) is 6.91. The number of nitrogens with zero attached hydrogens (tertiary/aromatic N) is 1. The Balaban J connectivity index is 1.71. The smallest absolute Gasteiger partial charge is 0.0992 e. The van der Waals surface area contributed by atoms with Crippen molar-refractivity contribution in [2.75, 3.05) is 20.3 Å². The molecule has 2 aliphatic rings. The summed E-state index contributed by atoms with van der Waals surface area (Å²) in [4.78, 5) is 2.51. The lowest BCUT2D eigenvalue weighted by atomic mass is 9.95. The zero-order chi connectivity index (χ0) is 13.2. The molecule has 104 valence electrons. The number of methoxy groups -OCH3 is 1. The van der Waals surface area contributed by atoms with Crippen molar-refractivity contribution >= 4 is 11.6 Å². The van der Waals surface area contributed by atoms with Crippen LogP contribution in [0.3, 0.4) is 0 Å². The monoisotopic (exact) mass is 281 g/mol. The van der Waals surface area contributed by atoms with E-state index in [9.17, 15) is 0 Å². The van der Waals surface area contributed by atoms with Crippen molar-refractivity contribution in [1.82, 2.24) is 4.90 Å². The predicted octanol–water partition coefficient (Wildman–Crippen LogP) is 2.72. The van der Waals surface area contributed by atoms with Gasteiger partial charge in [-0.1, -0.05) is 23.7 Å². The molecule has 0 aliphatic carbocycles. The van der Waals surface area contributed by atoms with Crippen molar-refractivity contribution in [3.05, 3.63) is 34.9 Å². The first kappa shape index (κ1) is 13.4. The average molecular weight is 282 g/mol. The number of ether oxygens (including phenoxy) is 2.